The standard InChI is InChI=1S/C12H5Cl2F3N2O2/c13-7-2-1-3-8(14)10(7)11-9(19(20)21)4-6(5-18-11)12(15,16)17/h1-5H. The normalized spacial score (nSPS) is 11.5. The van der Waals surface area contributed by atoms with Crippen LogP contribution < -0.4 is 0 Å². The van der Waals surface area contributed by atoms with Crippen molar-refractivity contribution in [1.29, 1.82) is 0 Å². The van der Waals surface area contributed by atoms with Gasteiger partial charge in [-0.1, -0.05) is 29.3 Å². The summed E-state index contributed by atoms with van der Waals surface area (Å²) in [5.41, 5.74) is -2.34. The third-order valence-corrected chi connectivity index (χ3v) is 3.22. The minimum absolute atomic E-state index is 0.0151. The van der Waals surface area contributed by atoms with E-state index in [1.54, 1.807) is 0 Å². The largest absolute Gasteiger partial charge is 0.418 e. The highest BCUT2D eigenvalue weighted by atomic mass is 35.5. The second-order valence-corrected chi connectivity index (χ2v) is 4.76. The number of halogens is 5. The molecule has 0 atom stereocenters. The monoisotopic (exact) mass is 336 g/mol. The predicted octanol–water partition coefficient (Wildman–Crippen LogP) is 4.98. The molecule has 0 radical (unpaired) electrons. The van der Waals surface area contributed by atoms with Gasteiger partial charge in [0.1, 0.15) is 0 Å². The summed E-state index contributed by atoms with van der Waals surface area (Å²) in [6.45, 7) is 0. The van der Waals surface area contributed by atoms with Gasteiger partial charge in [0, 0.05) is 17.8 Å². The number of nitro groups is 1. The zero-order valence-electron chi connectivity index (χ0n) is 9.99. The number of alkyl halides is 3. The fourth-order valence-corrected chi connectivity index (χ4v) is 2.24. The van der Waals surface area contributed by atoms with E-state index in [2.05, 4.69) is 4.98 Å². The lowest BCUT2D eigenvalue weighted by atomic mass is 10.1. The predicted molar refractivity (Wildman–Crippen MR) is 71.3 cm³/mol. The van der Waals surface area contributed by atoms with Crippen LogP contribution in [0.15, 0.2) is 30.5 Å². The summed E-state index contributed by atoms with van der Waals surface area (Å²) in [7, 11) is 0. The van der Waals surface area contributed by atoms with Crippen molar-refractivity contribution in [2.75, 3.05) is 0 Å². The number of aromatic nitrogens is 1. The smallest absolute Gasteiger partial charge is 0.258 e. The minimum Gasteiger partial charge on any atom is -0.258 e. The second-order valence-electron chi connectivity index (χ2n) is 3.94. The molecular formula is C12H5Cl2F3N2O2. The Kier molecular flexibility index (Phi) is 4.06. The maximum Gasteiger partial charge on any atom is 0.418 e. The van der Waals surface area contributed by atoms with Crippen LogP contribution in [0.1, 0.15) is 5.56 Å². The van der Waals surface area contributed by atoms with E-state index >= 15 is 0 Å². The molecule has 21 heavy (non-hydrogen) atoms. The molecule has 2 aromatic rings. The number of hydrogen-bond acceptors (Lipinski definition) is 3. The first kappa shape index (κ1) is 15.5. The number of rotatable bonds is 2. The van der Waals surface area contributed by atoms with Crippen LogP contribution in [0.2, 0.25) is 10.0 Å². The maximum atomic E-state index is 12.6. The fourth-order valence-electron chi connectivity index (χ4n) is 1.66. The van der Waals surface area contributed by atoms with Crippen LogP contribution in [0.5, 0.6) is 0 Å². The Bertz CT molecular complexity index is 700. The topological polar surface area (TPSA) is 56.0 Å². The SMILES string of the molecule is O=[N+]([O-])c1cc(C(F)(F)F)cnc1-c1c(Cl)cccc1Cl. The van der Waals surface area contributed by atoms with E-state index in [-0.39, 0.29) is 21.3 Å². The Morgan fingerprint density at radius 3 is 2.24 bits per heavy atom. The Morgan fingerprint density at radius 1 is 1.19 bits per heavy atom. The van der Waals surface area contributed by atoms with Crippen molar-refractivity contribution in [2.24, 2.45) is 0 Å². The van der Waals surface area contributed by atoms with Crippen LogP contribution in [0.3, 0.4) is 0 Å². The van der Waals surface area contributed by atoms with Gasteiger partial charge in [0.2, 0.25) is 0 Å². The van der Waals surface area contributed by atoms with Crippen LogP contribution in [-0.2, 0) is 6.18 Å². The van der Waals surface area contributed by atoms with E-state index in [1.165, 1.54) is 18.2 Å². The molecule has 4 nitrogen and oxygen atoms in total. The van der Waals surface area contributed by atoms with E-state index in [9.17, 15) is 23.3 Å². The van der Waals surface area contributed by atoms with Crippen molar-refractivity contribution in [3.05, 3.63) is 56.2 Å². The van der Waals surface area contributed by atoms with Gasteiger partial charge in [0.15, 0.2) is 5.69 Å². The molecule has 0 saturated carbocycles. The van der Waals surface area contributed by atoms with Crippen molar-refractivity contribution in [2.45, 2.75) is 6.18 Å². The van der Waals surface area contributed by atoms with Crippen molar-refractivity contribution >= 4 is 28.9 Å². The van der Waals surface area contributed by atoms with Gasteiger partial charge in [0.05, 0.1) is 20.5 Å². The molecule has 0 amide bonds. The van der Waals surface area contributed by atoms with E-state index in [0.29, 0.717) is 12.3 Å². The highest BCUT2D eigenvalue weighted by Crippen LogP contribution is 2.40. The molecule has 0 bridgehead atoms. The van der Waals surface area contributed by atoms with Gasteiger partial charge in [-0.05, 0) is 12.1 Å². The Labute approximate surface area is 126 Å². The lowest BCUT2D eigenvalue weighted by molar-refractivity contribution is -0.384. The van der Waals surface area contributed by atoms with E-state index in [0.717, 1.165) is 0 Å². The summed E-state index contributed by atoms with van der Waals surface area (Å²) in [5.74, 6) is 0. The molecule has 0 spiro atoms. The van der Waals surface area contributed by atoms with Crippen LogP contribution in [0, 0.1) is 10.1 Å². The number of hydrogen-bond donors (Lipinski definition) is 0. The lowest BCUT2D eigenvalue weighted by Crippen LogP contribution is -2.07. The summed E-state index contributed by atoms with van der Waals surface area (Å²) >= 11 is 11.8. The van der Waals surface area contributed by atoms with Crippen LogP contribution in [0.25, 0.3) is 11.3 Å². The average Bonchev–Trinajstić information content (AvgIpc) is 2.37. The molecule has 0 unspecified atom stereocenters. The van der Waals surface area contributed by atoms with Gasteiger partial charge in [-0.2, -0.15) is 13.2 Å². The van der Waals surface area contributed by atoms with Crippen molar-refractivity contribution in [1.82, 2.24) is 4.98 Å². The van der Waals surface area contributed by atoms with Gasteiger partial charge in [-0.25, -0.2) is 4.98 Å². The molecule has 1 aromatic heterocycles. The quantitative estimate of drug-likeness (QED) is 0.573. The molecule has 0 saturated heterocycles. The van der Waals surface area contributed by atoms with Crippen molar-refractivity contribution < 1.29 is 18.1 Å². The van der Waals surface area contributed by atoms with Crippen molar-refractivity contribution in [3.8, 4) is 11.3 Å². The zero-order valence-corrected chi connectivity index (χ0v) is 11.5. The van der Waals surface area contributed by atoms with Crippen LogP contribution >= 0.6 is 23.2 Å². The van der Waals surface area contributed by atoms with Crippen LogP contribution in [-0.4, -0.2) is 9.91 Å². The molecule has 1 heterocycles. The molecule has 0 aliphatic heterocycles. The summed E-state index contributed by atoms with van der Waals surface area (Å²) in [6, 6.07) is 4.73. The third-order valence-electron chi connectivity index (χ3n) is 2.59. The first-order valence-electron chi connectivity index (χ1n) is 5.38. The number of nitrogens with zero attached hydrogens (tertiary/aromatic N) is 2. The van der Waals surface area contributed by atoms with Gasteiger partial charge >= 0.3 is 6.18 Å². The first-order valence-corrected chi connectivity index (χ1v) is 6.13. The third kappa shape index (κ3) is 3.08. The summed E-state index contributed by atoms with van der Waals surface area (Å²) < 4.78 is 37.8. The van der Waals surface area contributed by atoms with Gasteiger partial charge in [0.25, 0.3) is 5.69 Å². The Balaban J connectivity index is 2.73. The number of pyridine rings is 1. The highest BCUT2D eigenvalue weighted by molar-refractivity contribution is 6.39. The van der Waals surface area contributed by atoms with Gasteiger partial charge < -0.3 is 0 Å². The van der Waals surface area contributed by atoms with E-state index in [1.807, 2.05) is 0 Å². The Morgan fingerprint density at radius 2 is 1.76 bits per heavy atom. The maximum absolute atomic E-state index is 12.6. The molecule has 0 fully saturated rings. The Hall–Kier alpha value is -1.86. The van der Waals surface area contributed by atoms with E-state index in [4.69, 9.17) is 23.2 Å². The molecule has 0 N–H and O–H groups in total. The van der Waals surface area contributed by atoms with Crippen LogP contribution in [0.4, 0.5) is 18.9 Å². The number of benzene rings is 1. The molecule has 1 aromatic carbocycles. The molecule has 110 valence electrons. The zero-order chi connectivity index (χ0) is 15.8. The molecule has 0 aliphatic carbocycles. The summed E-state index contributed by atoms with van der Waals surface area (Å²) in [4.78, 5) is 13.6. The minimum atomic E-state index is -4.74. The molecule has 2 rings (SSSR count). The van der Waals surface area contributed by atoms with E-state index < -0.39 is 22.4 Å². The van der Waals surface area contributed by atoms with Gasteiger partial charge in [-0.3, -0.25) is 10.1 Å². The first-order chi connectivity index (χ1) is 9.71. The van der Waals surface area contributed by atoms with Crippen molar-refractivity contribution in [3.63, 3.8) is 0 Å². The summed E-state index contributed by atoms with van der Waals surface area (Å²) in [5, 5.41) is 11.1. The second kappa shape index (κ2) is 5.50. The highest BCUT2D eigenvalue weighted by Gasteiger charge is 2.34. The van der Waals surface area contributed by atoms with Gasteiger partial charge in [-0.15, -0.1) is 0 Å². The molecular weight excluding hydrogens is 332 g/mol. The fraction of sp³-hybridized carbons (Fsp3) is 0.0833. The molecule has 9 heteroatoms. The molecule has 0 aliphatic rings. The summed E-state index contributed by atoms with van der Waals surface area (Å²) in [6.07, 6.45) is -4.23. The lowest BCUT2D eigenvalue weighted by Gasteiger charge is -2.10. The average molecular weight is 337 g/mol.